The first-order chi connectivity index (χ1) is 10.2. The van der Waals surface area contributed by atoms with Crippen molar-refractivity contribution in [1.82, 2.24) is 0 Å². The van der Waals surface area contributed by atoms with E-state index in [0.717, 1.165) is 5.56 Å². The van der Waals surface area contributed by atoms with Gasteiger partial charge in [0.2, 0.25) is 0 Å². The summed E-state index contributed by atoms with van der Waals surface area (Å²) < 4.78 is 31.7. The summed E-state index contributed by atoms with van der Waals surface area (Å²) in [5, 5.41) is 8.04. The van der Waals surface area contributed by atoms with Crippen LogP contribution in [0.5, 0.6) is 0 Å². The number of nitrogens with two attached hydrogens (primary N) is 2. The minimum absolute atomic E-state index is 0.203. The molecule has 0 unspecified atom stereocenters. The van der Waals surface area contributed by atoms with Crippen molar-refractivity contribution >= 4 is 32.9 Å². The second kappa shape index (κ2) is 5.74. The van der Waals surface area contributed by atoms with Gasteiger partial charge in [0.05, 0.1) is 16.3 Å². The number of aryl methyl sites for hydroxylation is 1. The van der Waals surface area contributed by atoms with Crippen LogP contribution in [0.2, 0.25) is 0 Å². The van der Waals surface area contributed by atoms with E-state index in [-0.39, 0.29) is 4.90 Å². The van der Waals surface area contributed by atoms with E-state index < -0.39 is 10.1 Å². The highest BCUT2D eigenvalue weighted by atomic mass is 32.2. The molecule has 7 nitrogen and oxygen atoms in total. The molecule has 2 aromatic rings. The van der Waals surface area contributed by atoms with Crippen molar-refractivity contribution < 1.29 is 13.0 Å². The molecule has 0 radical (unpaired) electrons. The van der Waals surface area contributed by atoms with E-state index >= 15 is 0 Å². The lowest BCUT2D eigenvalue weighted by Gasteiger charge is -2.06. The number of benzene rings is 2. The SMILES string of the molecule is Cc1cc(N=Nc2cccc(S(=O)(=O)O)c2C)c(N)cc1N. The third-order valence-electron chi connectivity index (χ3n) is 3.21. The van der Waals surface area contributed by atoms with Gasteiger partial charge in [0.15, 0.2) is 0 Å². The maximum absolute atomic E-state index is 11.3. The fourth-order valence-electron chi connectivity index (χ4n) is 1.91. The number of hydrogen-bond donors (Lipinski definition) is 3. The lowest BCUT2D eigenvalue weighted by Crippen LogP contribution is -2.00. The highest BCUT2D eigenvalue weighted by molar-refractivity contribution is 7.85. The maximum Gasteiger partial charge on any atom is 0.294 e. The molecule has 0 saturated heterocycles. The van der Waals surface area contributed by atoms with Gasteiger partial charge in [-0.05, 0) is 49.2 Å². The Hall–Kier alpha value is -2.45. The third kappa shape index (κ3) is 3.23. The summed E-state index contributed by atoms with van der Waals surface area (Å²) in [4.78, 5) is -0.203. The summed E-state index contributed by atoms with van der Waals surface area (Å²) in [6.45, 7) is 3.35. The Bertz CT molecular complexity index is 861. The topological polar surface area (TPSA) is 131 Å². The van der Waals surface area contributed by atoms with Gasteiger partial charge in [0.25, 0.3) is 10.1 Å². The molecular formula is C14H16N4O3S. The van der Waals surface area contributed by atoms with Gasteiger partial charge in [-0.1, -0.05) is 6.07 Å². The quantitative estimate of drug-likeness (QED) is 0.454. The van der Waals surface area contributed by atoms with Crippen LogP contribution in [0.4, 0.5) is 22.7 Å². The molecule has 0 amide bonds. The normalized spacial score (nSPS) is 12.0. The van der Waals surface area contributed by atoms with Gasteiger partial charge in [0, 0.05) is 5.69 Å². The molecule has 0 atom stereocenters. The first kappa shape index (κ1) is 15.9. The standard InChI is InChI=1S/C14H16N4O3S/c1-8-6-13(11(16)7-10(8)15)18-17-12-4-3-5-14(9(12)2)22(19,20)21/h3-7H,15-16H2,1-2H3,(H,19,20,21). The molecule has 0 aliphatic carbocycles. The highest BCUT2D eigenvalue weighted by Gasteiger charge is 2.15. The van der Waals surface area contributed by atoms with Crippen LogP contribution in [0.1, 0.15) is 11.1 Å². The highest BCUT2D eigenvalue weighted by Crippen LogP contribution is 2.31. The molecule has 0 spiro atoms. The van der Waals surface area contributed by atoms with Crippen LogP contribution in [-0.2, 0) is 10.1 Å². The average Bonchev–Trinajstić information content (AvgIpc) is 2.41. The lowest BCUT2D eigenvalue weighted by molar-refractivity contribution is 0.482. The zero-order valence-electron chi connectivity index (χ0n) is 12.1. The van der Waals surface area contributed by atoms with Crippen LogP contribution in [-0.4, -0.2) is 13.0 Å². The molecule has 2 rings (SSSR count). The lowest BCUT2D eigenvalue weighted by atomic mass is 10.1. The Balaban J connectivity index is 2.46. The summed E-state index contributed by atoms with van der Waals surface area (Å²) in [6.07, 6.45) is 0. The number of nitrogens with zero attached hydrogens (tertiary/aromatic N) is 2. The number of rotatable bonds is 3. The summed E-state index contributed by atoms with van der Waals surface area (Å²) >= 11 is 0. The molecule has 0 aliphatic heterocycles. The predicted molar refractivity (Wildman–Crippen MR) is 85.2 cm³/mol. The average molecular weight is 320 g/mol. The first-order valence-corrected chi connectivity index (χ1v) is 7.78. The number of azo groups is 1. The van der Waals surface area contributed by atoms with Gasteiger partial charge in [-0.15, -0.1) is 5.11 Å². The Morgan fingerprint density at radius 3 is 2.27 bits per heavy atom. The molecule has 8 heteroatoms. The zero-order valence-corrected chi connectivity index (χ0v) is 12.9. The fourth-order valence-corrected chi connectivity index (χ4v) is 2.65. The van der Waals surface area contributed by atoms with Gasteiger partial charge in [-0.3, -0.25) is 4.55 Å². The fraction of sp³-hybridized carbons (Fsp3) is 0.143. The van der Waals surface area contributed by atoms with Crippen LogP contribution in [0, 0.1) is 13.8 Å². The summed E-state index contributed by atoms with van der Waals surface area (Å²) in [6, 6.07) is 7.64. The Kier molecular flexibility index (Phi) is 4.16. The van der Waals surface area contributed by atoms with E-state index in [9.17, 15) is 8.42 Å². The molecule has 22 heavy (non-hydrogen) atoms. The monoisotopic (exact) mass is 320 g/mol. The van der Waals surface area contributed by atoms with E-state index in [1.807, 2.05) is 6.92 Å². The minimum atomic E-state index is -4.30. The Labute approximate surface area is 128 Å². The van der Waals surface area contributed by atoms with Gasteiger partial charge in [-0.25, -0.2) is 0 Å². The minimum Gasteiger partial charge on any atom is -0.398 e. The molecule has 2 aromatic carbocycles. The second-order valence-corrected chi connectivity index (χ2v) is 6.23. The number of nitrogen functional groups attached to an aromatic ring is 2. The molecule has 5 N–H and O–H groups in total. The molecule has 0 heterocycles. The van der Waals surface area contributed by atoms with Crippen molar-refractivity contribution in [2.75, 3.05) is 11.5 Å². The number of anilines is 2. The van der Waals surface area contributed by atoms with Crippen LogP contribution in [0.15, 0.2) is 45.5 Å². The largest absolute Gasteiger partial charge is 0.398 e. The predicted octanol–water partition coefficient (Wildman–Crippen LogP) is 3.13. The van der Waals surface area contributed by atoms with Crippen molar-refractivity contribution in [3.63, 3.8) is 0 Å². The molecule has 0 fully saturated rings. The van der Waals surface area contributed by atoms with E-state index in [1.165, 1.54) is 19.1 Å². The molecule has 0 aliphatic rings. The Morgan fingerprint density at radius 1 is 1.00 bits per heavy atom. The second-order valence-electron chi connectivity index (χ2n) is 4.84. The van der Waals surface area contributed by atoms with E-state index in [2.05, 4.69) is 10.2 Å². The van der Waals surface area contributed by atoms with Crippen LogP contribution in [0.3, 0.4) is 0 Å². The first-order valence-electron chi connectivity index (χ1n) is 6.34. The smallest absolute Gasteiger partial charge is 0.294 e. The molecule has 0 saturated carbocycles. The van der Waals surface area contributed by atoms with Crippen molar-refractivity contribution in [3.05, 3.63) is 41.5 Å². The molecule has 116 valence electrons. The van der Waals surface area contributed by atoms with Gasteiger partial charge in [0.1, 0.15) is 5.69 Å². The van der Waals surface area contributed by atoms with E-state index in [4.69, 9.17) is 16.0 Å². The maximum atomic E-state index is 11.3. The molecular weight excluding hydrogens is 304 g/mol. The molecule has 0 bridgehead atoms. The third-order valence-corrected chi connectivity index (χ3v) is 4.21. The van der Waals surface area contributed by atoms with Crippen LogP contribution >= 0.6 is 0 Å². The zero-order chi connectivity index (χ0) is 16.5. The van der Waals surface area contributed by atoms with Gasteiger partial charge >= 0.3 is 0 Å². The van der Waals surface area contributed by atoms with Crippen molar-refractivity contribution in [1.29, 1.82) is 0 Å². The van der Waals surface area contributed by atoms with Crippen LogP contribution < -0.4 is 11.5 Å². The van der Waals surface area contributed by atoms with Crippen LogP contribution in [0.25, 0.3) is 0 Å². The van der Waals surface area contributed by atoms with Gasteiger partial charge < -0.3 is 11.5 Å². The van der Waals surface area contributed by atoms with E-state index in [1.54, 1.807) is 18.2 Å². The summed E-state index contributed by atoms with van der Waals surface area (Å²) in [7, 11) is -4.30. The van der Waals surface area contributed by atoms with Crippen molar-refractivity contribution in [2.24, 2.45) is 10.2 Å². The summed E-state index contributed by atoms with van der Waals surface area (Å²) in [5.74, 6) is 0. The van der Waals surface area contributed by atoms with Crippen molar-refractivity contribution in [3.8, 4) is 0 Å². The van der Waals surface area contributed by atoms with Crippen molar-refractivity contribution in [2.45, 2.75) is 18.7 Å². The Morgan fingerprint density at radius 2 is 1.64 bits per heavy atom. The summed E-state index contributed by atoms with van der Waals surface area (Å²) in [5.41, 5.74) is 14.4. The number of hydrogen-bond acceptors (Lipinski definition) is 6. The molecule has 0 aromatic heterocycles. The van der Waals surface area contributed by atoms with E-state index in [0.29, 0.717) is 28.3 Å². The van der Waals surface area contributed by atoms with Gasteiger partial charge in [-0.2, -0.15) is 13.5 Å².